The lowest BCUT2D eigenvalue weighted by Gasteiger charge is -2.36. The number of aromatic nitrogens is 1. The van der Waals surface area contributed by atoms with Crippen molar-refractivity contribution in [2.45, 2.75) is 44.1 Å². The molecule has 4 heteroatoms. The molecule has 1 aromatic rings. The summed E-state index contributed by atoms with van der Waals surface area (Å²) in [4.78, 5) is 4.52. The quantitative estimate of drug-likeness (QED) is 0.833. The van der Waals surface area contributed by atoms with E-state index in [2.05, 4.69) is 11.1 Å². The molecule has 1 heterocycles. The molecule has 0 bridgehead atoms. The van der Waals surface area contributed by atoms with Gasteiger partial charge < -0.3 is 5.73 Å². The molecule has 0 saturated heterocycles. The molecule has 1 aliphatic rings. The fourth-order valence-electron chi connectivity index (χ4n) is 1.65. The monoisotopic (exact) mass is 221 g/mol. The molecule has 80 valence electrons. The van der Waals surface area contributed by atoms with Gasteiger partial charge in [-0.3, -0.25) is 0 Å². The van der Waals surface area contributed by atoms with Gasteiger partial charge in [-0.2, -0.15) is 5.26 Å². The summed E-state index contributed by atoms with van der Waals surface area (Å²) >= 11 is 1.54. The van der Waals surface area contributed by atoms with Crippen molar-refractivity contribution in [3.63, 3.8) is 0 Å². The summed E-state index contributed by atoms with van der Waals surface area (Å²) in [7, 11) is 0. The van der Waals surface area contributed by atoms with E-state index in [4.69, 9.17) is 11.0 Å². The smallest absolute Gasteiger partial charge is 0.113 e. The Labute approximate surface area is 93.9 Å². The summed E-state index contributed by atoms with van der Waals surface area (Å²) in [6, 6.07) is 2.27. The van der Waals surface area contributed by atoms with Crippen LogP contribution in [0.15, 0.2) is 5.38 Å². The van der Waals surface area contributed by atoms with Crippen LogP contribution in [-0.2, 0) is 11.0 Å². The number of hydrogen-bond acceptors (Lipinski definition) is 4. The van der Waals surface area contributed by atoms with Gasteiger partial charge >= 0.3 is 0 Å². The second kappa shape index (κ2) is 3.29. The van der Waals surface area contributed by atoms with Crippen LogP contribution in [0.1, 0.15) is 43.8 Å². The highest BCUT2D eigenvalue weighted by atomic mass is 32.1. The van der Waals surface area contributed by atoms with Crippen LogP contribution in [0.5, 0.6) is 0 Å². The van der Waals surface area contributed by atoms with E-state index in [1.807, 2.05) is 19.2 Å². The first kappa shape index (κ1) is 10.6. The van der Waals surface area contributed by atoms with Crippen molar-refractivity contribution in [1.82, 2.24) is 4.98 Å². The van der Waals surface area contributed by atoms with Gasteiger partial charge in [-0.1, -0.05) is 0 Å². The number of nitrogens with zero attached hydrogens (tertiary/aromatic N) is 2. The highest BCUT2D eigenvalue weighted by molar-refractivity contribution is 7.09. The molecule has 1 aromatic heterocycles. The van der Waals surface area contributed by atoms with Crippen molar-refractivity contribution in [3.8, 4) is 6.07 Å². The van der Waals surface area contributed by atoms with E-state index in [1.54, 1.807) is 11.3 Å². The zero-order valence-corrected chi connectivity index (χ0v) is 9.90. The lowest BCUT2D eigenvalue weighted by molar-refractivity contribution is 0.247. The molecule has 1 saturated carbocycles. The SMILES string of the molecule is CC(C)(C#N)c1nc(C2(N)CCC2)cs1. The number of rotatable bonds is 2. The van der Waals surface area contributed by atoms with E-state index in [1.165, 1.54) is 6.42 Å². The van der Waals surface area contributed by atoms with Crippen molar-refractivity contribution in [3.05, 3.63) is 16.1 Å². The van der Waals surface area contributed by atoms with Gasteiger partial charge in [-0.05, 0) is 33.1 Å². The Hall–Kier alpha value is -0.920. The molecule has 1 fully saturated rings. The van der Waals surface area contributed by atoms with Crippen molar-refractivity contribution < 1.29 is 0 Å². The lowest BCUT2D eigenvalue weighted by Crippen LogP contribution is -2.43. The van der Waals surface area contributed by atoms with Gasteiger partial charge in [0.1, 0.15) is 10.4 Å². The summed E-state index contributed by atoms with van der Waals surface area (Å²) in [5.41, 5.74) is 6.45. The Kier molecular flexibility index (Phi) is 2.32. The maximum absolute atomic E-state index is 9.02. The average molecular weight is 221 g/mol. The van der Waals surface area contributed by atoms with Gasteiger partial charge in [-0.25, -0.2) is 4.98 Å². The third-order valence-electron chi connectivity index (χ3n) is 3.07. The van der Waals surface area contributed by atoms with E-state index in [0.717, 1.165) is 23.5 Å². The van der Waals surface area contributed by atoms with Crippen LogP contribution < -0.4 is 5.73 Å². The van der Waals surface area contributed by atoms with Crippen LogP contribution in [-0.4, -0.2) is 4.98 Å². The third kappa shape index (κ3) is 1.66. The van der Waals surface area contributed by atoms with E-state index in [0.29, 0.717) is 0 Å². The first-order valence-electron chi connectivity index (χ1n) is 5.15. The lowest BCUT2D eigenvalue weighted by atomic mass is 9.76. The molecule has 2 rings (SSSR count). The number of nitriles is 1. The Morgan fingerprint density at radius 1 is 1.60 bits per heavy atom. The van der Waals surface area contributed by atoms with Crippen LogP contribution in [0.25, 0.3) is 0 Å². The van der Waals surface area contributed by atoms with Crippen LogP contribution >= 0.6 is 11.3 Å². The number of hydrogen-bond donors (Lipinski definition) is 1. The standard InChI is InChI=1S/C11H15N3S/c1-10(2,7-12)9-14-8(6-15-9)11(13)4-3-5-11/h6H,3-5,13H2,1-2H3. The van der Waals surface area contributed by atoms with Crippen molar-refractivity contribution in [1.29, 1.82) is 5.26 Å². The second-order valence-corrected chi connectivity index (χ2v) is 5.64. The van der Waals surface area contributed by atoms with Gasteiger partial charge in [0.15, 0.2) is 0 Å². The van der Waals surface area contributed by atoms with Crippen molar-refractivity contribution in [2.75, 3.05) is 0 Å². The third-order valence-corrected chi connectivity index (χ3v) is 4.24. The summed E-state index contributed by atoms with van der Waals surface area (Å²) in [5, 5.41) is 11.9. The van der Waals surface area contributed by atoms with Gasteiger partial charge in [-0.15, -0.1) is 11.3 Å². The van der Waals surface area contributed by atoms with E-state index in [-0.39, 0.29) is 5.54 Å². The molecular weight excluding hydrogens is 206 g/mol. The minimum atomic E-state index is -0.497. The molecule has 0 unspecified atom stereocenters. The fraction of sp³-hybridized carbons (Fsp3) is 0.636. The van der Waals surface area contributed by atoms with Crippen LogP contribution in [0, 0.1) is 11.3 Å². The maximum Gasteiger partial charge on any atom is 0.113 e. The van der Waals surface area contributed by atoms with Crippen molar-refractivity contribution in [2.24, 2.45) is 5.73 Å². The van der Waals surface area contributed by atoms with E-state index in [9.17, 15) is 0 Å². The minimum absolute atomic E-state index is 0.208. The summed E-state index contributed by atoms with van der Waals surface area (Å²) < 4.78 is 0. The summed E-state index contributed by atoms with van der Waals surface area (Å²) in [6.45, 7) is 3.78. The summed E-state index contributed by atoms with van der Waals surface area (Å²) in [5.74, 6) is 0. The van der Waals surface area contributed by atoms with Crippen molar-refractivity contribution >= 4 is 11.3 Å². The van der Waals surface area contributed by atoms with E-state index < -0.39 is 5.41 Å². The van der Waals surface area contributed by atoms with E-state index >= 15 is 0 Å². The molecular formula is C11H15N3S. The minimum Gasteiger partial charge on any atom is -0.320 e. The van der Waals surface area contributed by atoms with Crippen LogP contribution in [0.4, 0.5) is 0 Å². The Morgan fingerprint density at radius 3 is 2.73 bits per heavy atom. The highest BCUT2D eigenvalue weighted by Gasteiger charge is 2.37. The normalized spacial score (nSPS) is 19.3. The second-order valence-electron chi connectivity index (χ2n) is 4.78. The topological polar surface area (TPSA) is 62.7 Å². The predicted molar refractivity (Wildman–Crippen MR) is 60.5 cm³/mol. The van der Waals surface area contributed by atoms with Crippen LogP contribution in [0.2, 0.25) is 0 Å². The Balaban J connectivity index is 2.29. The fourth-order valence-corrected chi connectivity index (χ4v) is 2.65. The largest absolute Gasteiger partial charge is 0.320 e. The predicted octanol–water partition coefficient (Wildman–Crippen LogP) is 2.28. The highest BCUT2D eigenvalue weighted by Crippen LogP contribution is 2.40. The Bertz CT molecular complexity index is 410. The molecule has 0 spiro atoms. The molecule has 0 atom stereocenters. The molecule has 1 aliphatic carbocycles. The molecule has 3 nitrogen and oxygen atoms in total. The molecule has 0 aromatic carbocycles. The Morgan fingerprint density at radius 2 is 2.27 bits per heavy atom. The zero-order valence-electron chi connectivity index (χ0n) is 9.08. The molecule has 15 heavy (non-hydrogen) atoms. The molecule has 0 radical (unpaired) electrons. The first-order valence-corrected chi connectivity index (χ1v) is 6.02. The van der Waals surface area contributed by atoms with Gasteiger partial charge in [0.25, 0.3) is 0 Å². The number of nitrogens with two attached hydrogens (primary N) is 1. The maximum atomic E-state index is 9.02. The van der Waals surface area contributed by atoms with Gasteiger partial charge in [0.05, 0.1) is 17.3 Å². The first-order chi connectivity index (χ1) is 6.98. The zero-order chi connectivity index (χ0) is 11.1. The molecule has 2 N–H and O–H groups in total. The average Bonchev–Trinajstić information content (AvgIpc) is 2.63. The van der Waals surface area contributed by atoms with Crippen LogP contribution in [0.3, 0.4) is 0 Å². The number of thiazole rings is 1. The molecule has 0 amide bonds. The van der Waals surface area contributed by atoms with Gasteiger partial charge in [0, 0.05) is 5.38 Å². The summed E-state index contributed by atoms with van der Waals surface area (Å²) in [6.07, 6.45) is 3.22. The van der Waals surface area contributed by atoms with Gasteiger partial charge in [0.2, 0.25) is 0 Å². The molecule has 0 aliphatic heterocycles.